The summed E-state index contributed by atoms with van der Waals surface area (Å²) < 4.78 is 85.9. The summed E-state index contributed by atoms with van der Waals surface area (Å²) in [6, 6.07) is 13.7. The second-order valence-corrected chi connectivity index (χ2v) is 12.2. The third-order valence-corrected chi connectivity index (χ3v) is 8.14. The Morgan fingerprint density at radius 3 is 1.98 bits per heavy atom. The van der Waals surface area contributed by atoms with E-state index in [0.717, 1.165) is 25.0 Å². The number of carbonyl (C=O) groups is 2. The number of carbonyl (C=O) groups excluding carboxylic acids is 2. The van der Waals surface area contributed by atoms with E-state index in [1.54, 1.807) is 71.3 Å². The average Bonchev–Trinajstić information content (AvgIpc) is 3.09. The molecular formula is C38H39F6N5O3. The summed E-state index contributed by atoms with van der Waals surface area (Å²) in [5.41, 5.74) is 0.422. The van der Waals surface area contributed by atoms with Crippen molar-refractivity contribution >= 4 is 39.4 Å². The number of aryl methyl sites for hydroxylation is 3. The largest absolute Gasteiger partial charge is 0.461 e. The number of ether oxygens (including phenoxy) is 1. The van der Waals surface area contributed by atoms with Crippen molar-refractivity contribution < 1.29 is 40.7 Å². The molecule has 8 nitrogen and oxygen atoms in total. The maximum Gasteiger partial charge on any atom is 0.418 e. The predicted molar refractivity (Wildman–Crippen MR) is 187 cm³/mol. The highest BCUT2D eigenvalue weighted by Gasteiger charge is 2.35. The molecule has 0 aliphatic carbocycles. The Morgan fingerprint density at radius 2 is 1.40 bits per heavy atom. The minimum Gasteiger partial charge on any atom is -0.461 e. The van der Waals surface area contributed by atoms with E-state index in [1.165, 1.54) is 12.1 Å². The van der Waals surface area contributed by atoms with Gasteiger partial charge in [0.05, 0.1) is 41.0 Å². The number of amides is 1. The molecule has 5 rings (SSSR count). The van der Waals surface area contributed by atoms with Crippen LogP contribution in [0.1, 0.15) is 81.2 Å². The molecule has 3 heterocycles. The molecule has 5 aromatic rings. The number of pyridine rings is 3. The van der Waals surface area contributed by atoms with Gasteiger partial charge in [0, 0.05) is 36.2 Å². The highest BCUT2D eigenvalue weighted by atomic mass is 19.4. The van der Waals surface area contributed by atoms with Crippen molar-refractivity contribution in [1.82, 2.24) is 20.3 Å². The molecule has 0 fully saturated rings. The second-order valence-electron chi connectivity index (χ2n) is 12.2. The molecule has 0 saturated heterocycles. The van der Waals surface area contributed by atoms with Crippen molar-refractivity contribution in [2.45, 2.75) is 66.4 Å². The van der Waals surface area contributed by atoms with Crippen molar-refractivity contribution in [1.29, 1.82) is 0 Å². The number of halogens is 6. The Labute approximate surface area is 297 Å². The van der Waals surface area contributed by atoms with Crippen LogP contribution >= 0.6 is 0 Å². The van der Waals surface area contributed by atoms with Crippen LogP contribution in [0.3, 0.4) is 0 Å². The number of aromatic nitrogens is 3. The van der Waals surface area contributed by atoms with Gasteiger partial charge in [-0.2, -0.15) is 26.3 Å². The molecule has 0 atom stereocenters. The van der Waals surface area contributed by atoms with E-state index in [0.29, 0.717) is 45.4 Å². The number of hydrogen-bond donors (Lipinski definition) is 1. The Morgan fingerprint density at radius 1 is 0.808 bits per heavy atom. The van der Waals surface area contributed by atoms with E-state index in [2.05, 4.69) is 20.3 Å². The van der Waals surface area contributed by atoms with Gasteiger partial charge in [-0.05, 0) is 99.3 Å². The molecule has 1 amide bonds. The standard InChI is InChI=1S/C23H25F3N4O.C15H14F3NO2/c1-4-5-10-30(3)17-12-18-15(2)11-20(29-21(18)19(13-17)23(24,25)26)22(31)28-14-16-8-6-7-9-27-16;1-4-21-14(20)12-7-9(3)10-5-8(2)6-11(13(10)19-12)15(16,17)18/h6-9,11-13H,4-5,10,14H2,1-3H3,(H,28,31);5-7H,4H2,1-3H3. The molecule has 1 N–H and O–H groups in total. The van der Waals surface area contributed by atoms with Gasteiger partial charge in [0.15, 0.2) is 0 Å². The maximum atomic E-state index is 13.9. The lowest BCUT2D eigenvalue weighted by molar-refractivity contribution is -0.137. The smallest absolute Gasteiger partial charge is 0.418 e. The summed E-state index contributed by atoms with van der Waals surface area (Å²) in [6.07, 6.45) is -5.70. The minimum absolute atomic E-state index is 0.0569. The zero-order valence-electron chi connectivity index (χ0n) is 29.6. The molecule has 14 heteroatoms. The number of rotatable bonds is 9. The third kappa shape index (κ3) is 9.53. The van der Waals surface area contributed by atoms with Crippen molar-refractivity contribution in [3.05, 3.63) is 106 Å². The molecule has 0 unspecified atom stereocenters. The number of fused-ring (bicyclic) bond motifs is 2. The molecule has 3 aromatic heterocycles. The number of anilines is 1. The zero-order chi connectivity index (χ0) is 38.4. The Kier molecular flexibility index (Phi) is 12.4. The van der Waals surface area contributed by atoms with Gasteiger partial charge in [-0.1, -0.05) is 19.4 Å². The van der Waals surface area contributed by atoms with Gasteiger partial charge in [0.1, 0.15) is 11.4 Å². The molecule has 2 aromatic carbocycles. The minimum atomic E-state index is -4.59. The molecule has 0 aliphatic heterocycles. The highest BCUT2D eigenvalue weighted by Crippen LogP contribution is 2.39. The summed E-state index contributed by atoms with van der Waals surface area (Å²) in [5, 5.41) is 3.43. The lowest BCUT2D eigenvalue weighted by Gasteiger charge is -2.22. The maximum absolute atomic E-state index is 13.9. The molecular weight excluding hydrogens is 688 g/mol. The van der Waals surface area contributed by atoms with Crippen LogP contribution in [0.5, 0.6) is 0 Å². The number of nitrogens with zero attached hydrogens (tertiary/aromatic N) is 4. The fourth-order valence-corrected chi connectivity index (χ4v) is 5.48. The fourth-order valence-electron chi connectivity index (χ4n) is 5.48. The number of unbranched alkanes of at least 4 members (excludes halogenated alkanes) is 1. The van der Waals surface area contributed by atoms with Crippen LogP contribution in [0.2, 0.25) is 0 Å². The topological polar surface area (TPSA) is 97.3 Å². The molecule has 0 radical (unpaired) electrons. The first-order chi connectivity index (χ1) is 24.4. The molecule has 0 aliphatic rings. The molecule has 0 saturated carbocycles. The van der Waals surface area contributed by atoms with E-state index in [4.69, 9.17) is 4.74 Å². The lowest BCUT2D eigenvalue weighted by atomic mass is 10.0. The SMILES string of the molecule is CCCCN(C)c1cc(C(F)(F)F)c2nc(C(=O)NCc3ccccn3)cc(C)c2c1.CCOC(=O)c1cc(C)c2cc(C)cc(C(F)(F)F)c2n1. The van der Waals surface area contributed by atoms with Crippen molar-refractivity contribution in [3.63, 3.8) is 0 Å². The third-order valence-electron chi connectivity index (χ3n) is 8.14. The summed E-state index contributed by atoms with van der Waals surface area (Å²) in [4.78, 5) is 38.2. The van der Waals surface area contributed by atoms with Crippen LogP contribution < -0.4 is 10.2 Å². The van der Waals surface area contributed by atoms with Crippen molar-refractivity contribution in [3.8, 4) is 0 Å². The first kappa shape index (κ1) is 39.5. The second kappa shape index (κ2) is 16.4. The number of alkyl halides is 6. The number of hydrogen-bond acceptors (Lipinski definition) is 7. The Balaban J connectivity index is 0.000000251. The van der Waals surface area contributed by atoms with E-state index >= 15 is 0 Å². The number of nitrogens with one attached hydrogen (secondary N) is 1. The van der Waals surface area contributed by atoms with Gasteiger partial charge in [-0.25, -0.2) is 14.8 Å². The van der Waals surface area contributed by atoms with Crippen LogP contribution in [0.15, 0.2) is 60.8 Å². The zero-order valence-corrected chi connectivity index (χ0v) is 29.6. The van der Waals surface area contributed by atoms with Gasteiger partial charge in [0.2, 0.25) is 0 Å². The van der Waals surface area contributed by atoms with Crippen LogP contribution in [0, 0.1) is 20.8 Å². The summed E-state index contributed by atoms with van der Waals surface area (Å²) in [6.45, 7) is 9.53. The van der Waals surface area contributed by atoms with Crippen LogP contribution in [0.4, 0.5) is 32.0 Å². The van der Waals surface area contributed by atoms with Gasteiger partial charge >= 0.3 is 18.3 Å². The number of esters is 1. The number of benzene rings is 2. The van der Waals surface area contributed by atoms with Gasteiger partial charge in [-0.3, -0.25) is 9.78 Å². The van der Waals surface area contributed by atoms with E-state index in [1.807, 2.05) is 11.8 Å². The molecule has 0 spiro atoms. The summed E-state index contributed by atoms with van der Waals surface area (Å²) in [5.74, 6) is -1.27. The normalized spacial score (nSPS) is 11.6. The predicted octanol–water partition coefficient (Wildman–Crippen LogP) is 9.17. The van der Waals surface area contributed by atoms with Crippen molar-refractivity contribution in [2.75, 3.05) is 25.1 Å². The van der Waals surface area contributed by atoms with Gasteiger partial charge < -0.3 is 15.0 Å². The molecule has 0 bridgehead atoms. The monoisotopic (exact) mass is 727 g/mol. The average molecular weight is 728 g/mol. The summed E-state index contributed by atoms with van der Waals surface area (Å²) >= 11 is 0. The fraction of sp³-hybridized carbons (Fsp3) is 0.342. The van der Waals surface area contributed by atoms with Crippen molar-refractivity contribution in [2.24, 2.45) is 0 Å². The van der Waals surface area contributed by atoms with Gasteiger partial charge in [0.25, 0.3) is 5.91 Å². The van der Waals surface area contributed by atoms with E-state index in [9.17, 15) is 35.9 Å². The molecule has 276 valence electrons. The van der Waals surface area contributed by atoms with E-state index in [-0.39, 0.29) is 35.6 Å². The first-order valence-electron chi connectivity index (χ1n) is 16.5. The van der Waals surface area contributed by atoms with Crippen LogP contribution in [-0.2, 0) is 23.6 Å². The summed E-state index contributed by atoms with van der Waals surface area (Å²) in [7, 11) is 1.78. The Bertz CT molecular complexity index is 2070. The molecule has 52 heavy (non-hydrogen) atoms. The van der Waals surface area contributed by atoms with E-state index < -0.39 is 35.4 Å². The Hall–Kier alpha value is -5.27. The highest BCUT2D eigenvalue weighted by molar-refractivity contribution is 5.98. The first-order valence-corrected chi connectivity index (χ1v) is 16.5. The van der Waals surface area contributed by atoms with Crippen LogP contribution in [-0.4, -0.2) is 47.0 Å². The van der Waals surface area contributed by atoms with Crippen LogP contribution in [0.25, 0.3) is 21.8 Å². The van der Waals surface area contributed by atoms with Gasteiger partial charge in [-0.15, -0.1) is 0 Å². The lowest BCUT2D eigenvalue weighted by Crippen LogP contribution is -2.25. The quantitative estimate of drug-likeness (QED) is 0.120.